The zero-order valence-electron chi connectivity index (χ0n) is 14.9. The quantitative estimate of drug-likeness (QED) is 0.389. The average molecular weight is 439 g/mol. The molecule has 0 spiro atoms. The number of halogens is 5. The molecule has 0 aliphatic rings. The highest BCUT2D eigenvalue weighted by atomic mass is 35.5. The van der Waals surface area contributed by atoms with Crippen LogP contribution in [0.2, 0.25) is 0 Å². The van der Waals surface area contributed by atoms with Gasteiger partial charge in [0.1, 0.15) is 33.9 Å². The van der Waals surface area contributed by atoms with Crippen LogP contribution in [-0.2, 0) is 6.18 Å². The molecule has 0 fully saturated rings. The molecule has 0 aliphatic carbocycles. The smallest absolute Gasteiger partial charge is 0.420 e. The normalized spacial score (nSPS) is 11.1. The third-order valence-corrected chi connectivity index (χ3v) is 4.22. The maximum atomic E-state index is 13.4. The molecule has 0 atom stereocenters. The summed E-state index contributed by atoms with van der Waals surface area (Å²) in [5, 5.41) is 0. The van der Waals surface area contributed by atoms with E-state index in [2.05, 4.69) is 0 Å². The molecule has 0 amide bonds. The standard InChI is InChI=1S/C22H15Cl2F3O2/c23-21(24)11-12-28-20-10-9-18(14-19(20)22(25,26)27)29-17-8-4-7-16(13-17)15-5-2-1-3-6-15/h1-11,13-14H,12H2. The van der Waals surface area contributed by atoms with Gasteiger partial charge in [0.05, 0.1) is 0 Å². The van der Waals surface area contributed by atoms with E-state index in [1.807, 2.05) is 36.4 Å². The first-order valence-electron chi connectivity index (χ1n) is 8.51. The maximum absolute atomic E-state index is 13.4. The second-order valence-corrected chi connectivity index (χ2v) is 6.96. The van der Waals surface area contributed by atoms with E-state index in [0.29, 0.717) is 5.75 Å². The molecule has 0 aromatic heterocycles. The molecule has 3 aromatic rings. The fourth-order valence-electron chi connectivity index (χ4n) is 2.62. The van der Waals surface area contributed by atoms with Crippen LogP contribution in [0.15, 0.2) is 83.4 Å². The van der Waals surface area contributed by atoms with Crippen molar-refractivity contribution in [2.24, 2.45) is 0 Å². The average Bonchev–Trinajstić information content (AvgIpc) is 2.69. The monoisotopic (exact) mass is 438 g/mol. The Kier molecular flexibility index (Phi) is 6.72. The van der Waals surface area contributed by atoms with Crippen molar-refractivity contribution >= 4 is 23.2 Å². The summed E-state index contributed by atoms with van der Waals surface area (Å²) in [6, 6.07) is 20.2. The minimum Gasteiger partial charge on any atom is -0.489 e. The molecular formula is C22H15Cl2F3O2. The summed E-state index contributed by atoms with van der Waals surface area (Å²) in [7, 11) is 0. The molecule has 3 rings (SSSR count). The Balaban J connectivity index is 1.85. The minimum absolute atomic E-state index is 0.0424. The van der Waals surface area contributed by atoms with E-state index in [1.54, 1.807) is 18.2 Å². The van der Waals surface area contributed by atoms with Crippen LogP contribution in [0.1, 0.15) is 5.56 Å². The first kappa shape index (κ1) is 21.1. The predicted molar refractivity (Wildman–Crippen MR) is 109 cm³/mol. The van der Waals surface area contributed by atoms with Crippen molar-refractivity contribution in [1.82, 2.24) is 0 Å². The Morgan fingerprint density at radius 2 is 1.52 bits per heavy atom. The molecule has 7 heteroatoms. The fourth-order valence-corrected chi connectivity index (χ4v) is 2.75. The van der Waals surface area contributed by atoms with Gasteiger partial charge in [-0.25, -0.2) is 0 Å². The van der Waals surface area contributed by atoms with E-state index in [0.717, 1.165) is 17.2 Å². The van der Waals surface area contributed by atoms with E-state index in [4.69, 9.17) is 32.7 Å². The Labute approximate surface area is 176 Å². The molecule has 0 heterocycles. The summed E-state index contributed by atoms with van der Waals surface area (Å²) in [5.41, 5.74) is 0.917. The van der Waals surface area contributed by atoms with E-state index >= 15 is 0 Å². The minimum atomic E-state index is -4.62. The van der Waals surface area contributed by atoms with Crippen molar-refractivity contribution in [3.05, 3.63) is 88.9 Å². The zero-order chi connectivity index (χ0) is 20.9. The molecule has 150 valence electrons. The molecule has 0 saturated carbocycles. The van der Waals surface area contributed by atoms with Gasteiger partial charge in [0.15, 0.2) is 0 Å². The molecule has 29 heavy (non-hydrogen) atoms. The van der Waals surface area contributed by atoms with E-state index in [1.165, 1.54) is 18.2 Å². The van der Waals surface area contributed by atoms with Crippen LogP contribution in [-0.4, -0.2) is 6.61 Å². The summed E-state index contributed by atoms with van der Waals surface area (Å²) in [6.45, 7) is -0.190. The summed E-state index contributed by atoms with van der Waals surface area (Å²) < 4.78 is 51.0. The lowest BCUT2D eigenvalue weighted by Crippen LogP contribution is -2.09. The Morgan fingerprint density at radius 3 is 2.21 bits per heavy atom. The van der Waals surface area contributed by atoms with Crippen molar-refractivity contribution in [2.45, 2.75) is 6.18 Å². The maximum Gasteiger partial charge on any atom is 0.420 e. The molecule has 0 saturated heterocycles. The SMILES string of the molecule is FC(F)(F)c1cc(Oc2cccc(-c3ccccc3)c2)ccc1OCC=C(Cl)Cl. The second kappa shape index (κ2) is 9.25. The van der Waals surface area contributed by atoms with Crippen LogP contribution >= 0.6 is 23.2 Å². The second-order valence-electron chi connectivity index (χ2n) is 5.96. The highest BCUT2D eigenvalue weighted by Crippen LogP contribution is 2.39. The van der Waals surface area contributed by atoms with E-state index in [9.17, 15) is 13.2 Å². The first-order valence-corrected chi connectivity index (χ1v) is 9.27. The third kappa shape index (κ3) is 5.92. The van der Waals surface area contributed by atoms with Gasteiger partial charge in [0.25, 0.3) is 0 Å². The van der Waals surface area contributed by atoms with Gasteiger partial charge in [-0.15, -0.1) is 0 Å². The van der Waals surface area contributed by atoms with Gasteiger partial charge in [0, 0.05) is 0 Å². The van der Waals surface area contributed by atoms with Crippen molar-refractivity contribution in [3.63, 3.8) is 0 Å². The molecule has 0 radical (unpaired) electrons. The number of alkyl halides is 3. The van der Waals surface area contributed by atoms with Crippen LogP contribution in [0.25, 0.3) is 11.1 Å². The number of rotatable bonds is 6. The predicted octanol–water partition coefficient (Wildman–Crippen LogP) is 7.86. The Hall–Kier alpha value is -2.63. The van der Waals surface area contributed by atoms with Gasteiger partial charge in [-0.1, -0.05) is 65.7 Å². The van der Waals surface area contributed by atoms with E-state index < -0.39 is 11.7 Å². The summed E-state index contributed by atoms with van der Waals surface area (Å²) >= 11 is 10.9. The Bertz CT molecular complexity index is 998. The lowest BCUT2D eigenvalue weighted by Gasteiger charge is -2.15. The highest BCUT2D eigenvalue weighted by molar-refractivity contribution is 6.55. The summed E-state index contributed by atoms with van der Waals surface area (Å²) in [5.74, 6) is 0.125. The molecule has 0 N–H and O–H groups in total. The topological polar surface area (TPSA) is 18.5 Å². The van der Waals surface area contributed by atoms with Gasteiger partial charge in [-0.05, 0) is 47.5 Å². The van der Waals surface area contributed by atoms with E-state index in [-0.39, 0.29) is 22.6 Å². The van der Waals surface area contributed by atoms with Crippen LogP contribution < -0.4 is 9.47 Å². The van der Waals surface area contributed by atoms with Crippen molar-refractivity contribution < 1.29 is 22.6 Å². The van der Waals surface area contributed by atoms with Crippen LogP contribution in [0.5, 0.6) is 17.2 Å². The molecular weight excluding hydrogens is 424 g/mol. The lowest BCUT2D eigenvalue weighted by molar-refractivity contribution is -0.138. The fraction of sp³-hybridized carbons (Fsp3) is 0.0909. The van der Waals surface area contributed by atoms with Crippen LogP contribution in [0.3, 0.4) is 0 Å². The van der Waals surface area contributed by atoms with Gasteiger partial charge in [0.2, 0.25) is 0 Å². The summed E-state index contributed by atoms with van der Waals surface area (Å²) in [4.78, 5) is 0. The number of hydrogen-bond acceptors (Lipinski definition) is 2. The van der Waals surface area contributed by atoms with Crippen LogP contribution in [0.4, 0.5) is 13.2 Å². The van der Waals surface area contributed by atoms with Crippen molar-refractivity contribution in [2.75, 3.05) is 6.61 Å². The van der Waals surface area contributed by atoms with Gasteiger partial charge < -0.3 is 9.47 Å². The lowest BCUT2D eigenvalue weighted by atomic mass is 10.1. The first-order chi connectivity index (χ1) is 13.8. The van der Waals surface area contributed by atoms with Crippen molar-refractivity contribution in [1.29, 1.82) is 0 Å². The van der Waals surface area contributed by atoms with Gasteiger partial charge >= 0.3 is 6.18 Å². The zero-order valence-corrected chi connectivity index (χ0v) is 16.4. The molecule has 0 aliphatic heterocycles. The van der Waals surface area contributed by atoms with Gasteiger partial charge in [-0.2, -0.15) is 13.2 Å². The number of benzene rings is 3. The highest BCUT2D eigenvalue weighted by Gasteiger charge is 2.35. The van der Waals surface area contributed by atoms with Crippen LogP contribution in [0, 0.1) is 0 Å². The van der Waals surface area contributed by atoms with Gasteiger partial charge in [-0.3, -0.25) is 0 Å². The summed E-state index contributed by atoms with van der Waals surface area (Å²) in [6.07, 6.45) is -3.36. The Morgan fingerprint density at radius 1 is 0.828 bits per heavy atom. The van der Waals surface area contributed by atoms with Crippen molar-refractivity contribution in [3.8, 4) is 28.4 Å². The molecule has 3 aromatic carbocycles. The molecule has 0 bridgehead atoms. The molecule has 2 nitrogen and oxygen atoms in total. The molecule has 0 unspecified atom stereocenters. The third-order valence-electron chi connectivity index (χ3n) is 3.91. The number of ether oxygens (including phenoxy) is 2. The number of hydrogen-bond donors (Lipinski definition) is 0. The largest absolute Gasteiger partial charge is 0.489 e.